The lowest BCUT2D eigenvalue weighted by Crippen LogP contribution is -2.38. The lowest BCUT2D eigenvalue weighted by Gasteiger charge is -2.26. The summed E-state index contributed by atoms with van der Waals surface area (Å²) in [6.07, 6.45) is 0.0207. The predicted octanol–water partition coefficient (Wildman–Crippen LogP) is 2.52. The third-order valence-corrected chi connectivity index (χ3v) is 3.37. The van der Waals surface area contributed by atoms with Gasteiger partial charge >= 0.3 is 0 Å². The van der Waals surface area contributed by atoms with Gasteiger partial charge in [0.25, 0.3) is 5.91 Å². The Morgan fingerprint density at radius 1 is 1.20 bits per heavy atom. The lowest BCUT2D eigenvalue weighted by atomic mass is 10.0. The fourth-order valence-electron chi connectivity index (χ4n) is 2.23. The molecule has 3 N–H and O–H groups in total. The van der Waals surface area contributed by atoms with Gasteiger partial charge in [-0.1, -0.05) is 29.8 Å². The minimum absolute atomic E-state index is 0.122. The first-order valence-electron chi connectivity index (χ1n) is 6.54. The fourth-order valence-corrected chi connectivity index (χ4v) is 2.23. The van der Waals surface area contributed by atoms with Crippen molar-refractivity contribution in [2.75, 3.05) is 11.1 Å². The standard InChI is InChI=1S/C16H16N2O2/c1-10-2-4-11(5-3-10)8-15-16(19)18-13-7-6-12(17)9-14(13)20-15/h2-7,9,15H,8,17H2,1H3,(H,18,19). The molecule has 2 aromatic rings. The molecule has 1 aliphatic heterocycles. The van der Waals surface area contributed by atoms with Gasteiger partial charge in [0.2, 0.25) is 0 Å². The van der Waals surface area contributed by atoms with Crippen LogP contribution in [0.3, 0.4) is 0 Å². The zero-order valence-electron chi connectivity index (χ0n) is 11.2. The van der Waals surface area contributed by atoms with Crippen molar-refractivity contribution in [3.63, 3.8) is 0 Å². The molecule has 0 spiro atoms. The second-order valence-corrected chi connectivity index (χ2v) is 5.04. The molecular weight excluding hydrogens is 252 g/mol. The molecule has 1 amide bonds. The van der Waals surface area contributed by atoms with Crippen LogP contribution in [0, 0.1) is 6.92 Å². The Labute approximate surface area is 117 Å². The average molecular weight is 268 g/mol. The highest BCUT2D eigenvalue weighted by molar-refractivity contribution is 5.98. The van der Waals surface area contributed by atoms with Crippen molar-refractivity contribution in [2.45, 2.75) is 19.4 Å². The molecule has 102 valence electrons. The first-order chi connectivity index (χ1) is 9.61. The highest BCUT2D eigenvalue weighted by Crippen LogP contribution is 2.32. The largest absolute Gasteiger partial charge is 0.478 e. The summed E-state index contributed by atoms with van der Waals surface area (Å²) in [5.41, 5.74) is 9.30. The molecule has 0 fully saturated rings. The minimum atomic E-state index is -0.521. The van der Waals surface area contributed by atoms with Crippen LogP contribution in [0.15, 0.2) is 42.5 Å². The number of carbonyl (C=O) groups is 1. The van der Waals surface area contributed by atoms with Crippen molar-refractivity contribution in [1.82, 2.24) is 0 Å². The van der Waals surface area contributed by atoms with Crippen molar-refractivity contribution >= 4 is 17.3 Å². The Hall–Kier alpha value is -2.49. The summed E-state index contributed by atoms with van der Waals surface area (Å²) in [6.45, 7) is 2.03. The topological polar surface area (TPSA) is 64.3 Å². The Kier molecular flexibility index (Phi) is 3.06. The molecule has 0 radical (unpaired) electrons. The second kappa shape index (κ2) is 4.89. The van der Waals surface area contributed by atoms with Crippen molar-refractivity contribution in [1.29, 1.82) is 0 Å². The number of aryl methyl sites for hydroxylation is 1. The van der Waals surface area contributed by atoms with Crippen molar-refractivity contribution in [2.24, 2.45) is 0 Å². The number of hydrogen-bond acceptors (Lipinski definition) is 3. The number of fused-ring (bicyclic) bond motifs is 1. The summed E-state index contributed by atoms with van der Waals surface area (Å²) in [6, 6.07) is 13.3. The van der Waals surface area contributed by atoms with E-state index >= 15 is 0 Å². The number of carbonyl (C=O) groups excluding carboxylic acids is 1. The molecule has 20 heavy (non-hydrogen) atoms. The molecule has 0 bridgehead atoms. The molecule has 4 heteroatoms. The number of benzene rings is 2. The van der Waals surface area contributed by atoms with Gasteiger partial charge in [0.1, 0.15) is 5.75 Å². The average Bonchev–Trinajstić information content (AvgIpc) is 2.42. The van der Waals surface area contributed by atoms with E-state index in [9.17, 15) is 4.79 Å². The Morgan fingerprint density at radius 2 is 1.95 bits per heavy atom. The van der Waals surface area contributed by atoms with Crippen LogP contribution in [-0.4, -0.2) is 12.0 Å². The number of nitrogens with one attached hydrogen (secondary N) is 1. The van der Waals surface area contributed by atoms with Crippen molar-refractivity contribution in [3.05, 3.63) is 53.6 Å². The number of hydrogen-bond donors (Lipinski definition) is 2. The number of nitrogen functional groups attached to an aromatic ring is 1. The van der Waals surface area contributed by atoms with Gasteiger partial charge in [0.15, 0.2) is 6.10 Å². The molecule has 1 unspecified atom stereocenters. The highest BCUT2D eigenvalue weighted by Gasteiger charge is 2.27. The van der Waals surface area contributed by atoms with Gasteiger partial charge in [0, 0.05) is 18.2 Å². The van der Waals surface area contributed by atoms with Gasteiger partial charge in [0.05, 0.1) is 5.69 Å². The number of amides is 1. The zero-order valence-corrected chi connectivity index (χ0v) is 11.2. The van der Waals surface area contributed by atoms with E-state index in [1.807, 2.05) is 31.2 Å². The van der Waals surface area contributed by atoms with Gasteiger partial charge < -0.3 is 15.8 Å². The van der Waals surface area contributed by atoms with Crippen LogP contribution in [0.4, 0.5) is 11.4 Å². The maximum atomic E-state index is 12.0. The lowest BCUT2D eigenvalue weighted by molar-refractivity contribution is -0.123. The van der Waals surface area contributed by atoms with Gasteiger partial charge in [-0.15, -0.1) is 0 Å². The molecule has 0 aliphatic carbocycles. The Bertz CT molecular complexity index is 650. The second-order valence-electron chi connectivity index (χ2n) is 5.04. The summed E-state index contributed by atoms with van der Waals surface area (Å²) in [7, 11) is 0. The van der Waals surface area contributed by atoms with E-state index in [2.05, 4.69) is 5.32 Å². The van der Waals surface area contributed by atoms with Gasteiger partial charge in [-0.25, -0.2) is 0 Å². The highest BCUT2D eigenvalue weighted by atomic mass is 16.5. The number of rotatable bonds is 2. The minimum Gasteiger partial charge on any atom is -0.478 e. The molecule has 1 aliphatic rings. The van der Waals surface area contributed by atoms with Crippen LogP contribution in [-0.2, 0) is 11.2 Å². The quantitative estimate of drug-likeness (QED) is 0.823. The van der Waals surface area contributed by atoms with Crippen LogP contribution in [0.1, 0.15) is 11.1 Å². The van der Waals surface area contributed by atoms with Crippen molar-refractivity contribution in [3.8, 4) is 5.75 Å². The predicted molar refractivity (Wildman–Crippen MR) is 78.8 cm³/mol. The molecule has 4 nitrogen and oxygen atoms in total. The van der Waals surface area contributed by atoms with E-state index in [0.717, 1.165) is 5.56 Å². The normalized spacial score (nSPS) is 17.1. The maximum Gasteiger partial charge on any atom is 0.265 e. The van der Waals surface area contributed by atoms with E-state index in [4.69, 9.17) is 10.5 Å². The van der Waals surface area contributed by atoms with Gasteiger partial charge in [-0.2, -0.15) is 0 Å². The number of nitrogens with two attached hydrogens (primary N) is 1. The monoisotopic (exact) mass is 268 g/mol. The summed E-state index contributed by atoms with van der Waals surface area (Å²) >= 11 is 0. The van der Waals surface area contributed by atoms with E-state index < -0.39 is 6.10 Å². The first-order valence-corrected chi connectivity index (χ1v) is 6.54. The Morgan fingerprint density at radius 3 is 2.70 bits per heavy atom. The van der Waals surface area contributed by atoms with Gasteiger partial charge in [-0.05, 0) is 24.6 Å². The van der Waals surface area contributed by atoms with E-state index in [0.29, 0.717) is 23.5 Å². The smallest absolute Gasteiger partial charge is 0.265 e. The SMILES string of the molecule is Cc1ccc(CC2Oc3cc(N)ccc3NC2=O)cc1. The molecule has 1 heterocycles. The molecule has 3 rings (SSSR count). The summed E-state index contributed by atoms with van der Waals surface area (Å²) in [5, 5.41) is 2.85. The molecule has 1 atom stereocenters. The third-order valence-electron chi connectivity index (χ3n) is 3.37. The van der Waals surface area contributed by atoms with Gasteiger partial charge in [-0.3, -0.25) is 4.79 Å². The zero-order chi connectivity index (χ0) is 14.1. The first kappa shape index (κ1) is 12.5. The van der Waals surface area contributed by atoms with E-state index in [-0.39, 0.29) is 5.91 Å². The Balaban J connectivity index is 1.81. The maximum absolute atomic E-state index is 12.0. The van der Waals surface area contributed by atoms with E-state index in [1.54, 1.807) is 18.2 Å². The molecule has 0 saturated heterocycles. The third kappa shape index (κ3) is 2.45. The molecule has 2 aromatic carbocycles. The van der Waals surface area contributed by atoms with E-state index in [1.165, 1.54) is 5.56 Å². The summed E-state index contributed by atoms with van der Waals surface area (Å²) < 4.78 is 5.77. The van der Waals surface area contributed by atoms with Crippen LogP contribution in [0.25, 0.3) is 0 Å². The number of ether oxygens (including phenoxy) is 1. The van der Waals surface area contributed by atoms with Crippen LogP contribution >= 0.6 is 0 Å². The summed E-state index contributed by atoms with van der Waals surface area (Å²) in [4.78, 5) is 12.0. The fraction of sp³-hybridized carbons (Fsp3) is 0.188. The van der Waals surface area contributed by atoms with Crippen LogP contribution in [0.2, 0.25) is 0 Å². The molecular formula is C16H16N2O2. The van der Waals surface area contributed by atoms with Crippen LogP contribution < -0.4 is 15.8 Å². The van der Waals surface area contributed by atoms with Crippen LogP contribution in [0.5, 0.6) is 5.75 Å². The summed E-state index contributed by atoms with van der Waals surface area (Å²) in [5.74, 6) is 0.504. The molecule has 0 saturated carbocycles. The van der Waals surface area contributed by atoms with Crippen molar-refractivity contribution < 1.29 is 9.53 Å². The molecule has 0 aromatic heterocycles. The number of anilines is 2.